The Bertz CT molecular complexity index is 1310. The van der Waals surface area contributed by atoms with Gasteiger partial charge in [-0.15, -0.1) is 0 Å². The van der Waals surface area contributed by atoms with Crippen LogP contribution >= 0.6 is 0 Å². The highest BCUT2D eigenvalue weighted by atomic mass is 19.1. The number of hydrogen-bond acceptors (Lipinski definition) is 6. The second kappa shape index (κ2) is 12.4. The molecule has 2 saturated heterocycles. The van der Waals surface area contributed by atoms with E-state index in [4.69, 9.17) is 14.5 Å². The summed E-state index contributed by atoms with van der Waals surface area (Å²) in [5.74, 6) is 1.39. The van der Waals surface area contributed by atoms with Crippen molar-refractivity contribution in [2.75, 3.05) is 57.9 Å². The predicted octanol–water partition coefficient (Wildman–Crippen LogP) is 3.80. The highest BCUT2D eigenvalue weighted by Gasteiger charge is 2.23. The van der Waals surface area contributed by atoms with E-state index in [0.29, 0.717) is 45.7 Å². The molecule has 0 bridgehead atoms. The van der Waals surface area contributed by atoms with Crippen molar-refractivity contribution < 1.29 is 23.5 Å². The van der Waals surface area contributed by atoms with Crippen LogP contribution in [0.1, 0.15) is 30.4 Å². The van der Waals surface area contributed by atoms with Gasteiger partial charge in [0.05, 0.1) is 32.3 Å². The maximum Gasteiger partial charge on any atom is 0.227 e. The maximum atomic E-state index is 13.6. The molecule has 2 fully saturated rings. The van der Waals surface area contributed by atoms with Crippen molar-refractivity contribution in [3.63, 3.8) is 0 Å². The van der Waals surface area contributed by atoms with Crippen molar-refractivity contribution >= 4 is 28.5 Å². The fraction of sp³-hybridized carbons (Fsp3) is 0.433. The molecule has 2 aromatic carbocycles. The third kappa shape index (κ3) is 6.65. The number of carbonyl (C=O) groups excluding carboxylic acids is 2. The second-order valence-electron chi connectivity index (χ2n) is 10.1. The summed E-state index contributed by atoms with van der Waals surface area (Å²) in [6.07, 6.45) is 2.35. The first kappa shape index (κ1) is 26.9. The molecule has 0 spiro atoms. The normalized spacial score (nSPS) is 15.7. The number of aromatic nitrogens is 1. The molecule has 39 heavy (non-hydrogen) atoms. The van der Waals surface area contributed by atoms with Gasteiger partial charge in [-0.05, 0) is 48.7 Å². The fourth-order valence-electron chi connectivity index (χ4n) is 5.25. The van der Waals surface area contributed by atoms with Gasteiger partial charge in [0.25, 0.3) is 0 Å². The summed E-state index contributed by atoms with van der Waals surface area (Å²) >= 11 is 0. The highest BCUT2D eigenvalue weighted by Crippen LogP contribution is 2.28. The Morgan fingerprint density at radius 3 is 2.62 bits per heavy atom. The first-order valence-electron chi connectivity index (χ1n) is 13.6. The summed E-state index contributed by atoms with van der Waals surface area (Å²) in [5, 5.41) is 0.969. The van der Waals surface area contributed by atoms with Crippen LogP contribution in [0.5, 0.6) is 5.75 Å². The number of morpholine rings is 1. The van der Waals surface area contributed by atoms with Gasteiger partial charge in [-0.25, -0.2) is 9.37 Å². The summed E-state index contributed by atoms with van der Waals surface area (Å²) in [5.41, 5.74) is 2.55. The van der Waals surface area contributed by atoms with E-state index in [0.717, 1.165) is 59.7 Å². The van der Waals surface area contributed by atoms with Gasteiger partial charge < -0.3 is 24.2 Å². The number of carbonyl (C=O) groups is 2. The minimum Gasteiger partial charge on any atom is -0.497 e. The number of methoxy groups -OCH3 is 1. The third-order valence-corrected chi connectivity index (χ3v) is 7.40. The number of anilines is 1. The fourth-order valence-corrected chi connectivity index (χ4v) is 5.25. The van der Waals surface area contributed by atoms with Gasteiger partial charge in [0, 0.05) is 62.7 Å². The SMILES string of the molecule is COc1ccc2cc(CN(CCCN3CCCC3=O)C(=O)Cc3ccc(F)cc3)c(N3CCOCC3)nc2c1. The molecule has 1 aromatic heterocycles. The zero-order chi connectivity index (χ0) is 27.2. The molecule has 2 aliphatic rings. The van der Waals surface area contributed by atoms with Crippen molar-refractivity contribution in [3.05, 3.63) is 65.5 Å². The van der Waals surface area contributed by atoms with Crippen LogP contribution in [-0.2, 0) is 27.3 Å². The molecule has 0 atom stereocenters. The zero-order valence-electron chi connectivity index (χ0n) is 22.4. The van der Waals surface area contributed by atoms with Gasteiger partial charge in [-0.3, -0.25) is 9.59 Å². The van der Waals surface area contributed by atoms with Crippen LogP contribution < -0.4 is 9.64 Å². The first-order chi connectivity index (χ1) is 19.0. The Balaban J connectivity index is 1.42. The van der Waals surface area contributed by atoms with Crippen LogP contribution in [0.2, 0.25) is 0 Å². The smallest absolute Gasteiger partial charge is 0.227 e. The van der Waals surface area contributed by atoms with Crippen molar-refractivity contribution in [3.8, 4) is 5.75 Å². The van der Waals surface area contributed by atoms with Crippen LogP contribution in [0, 0.1) is 5.82 Å². The topological polar surface area (TPSA) is 75.2 Å². The maximum absolute atomic E-state index is 13.6. The lowest BCUT2D eigenvalue weighted by Gasteiger charge is -2.31. The quantitative estimate of drug-likeness (QED) is 0.394. The van der Waals surface area contributed by atoms with Crippen molar-refractivity contribution in [1.82, 2.24) is 14.8 Å². The van der Waals surface area contributed by atoms with E-state index in [9.17, 15) is 14.0 Å². The Hall–Kier alpha value is -3.72. The van der Waals surface area contributed by atoms with Crippen LogP contribution in [0.3, 0.4) is 0 Å². The lowest BCUT2D eigenvalue weighted by atomic mass is 10.1. The summed E-state index contributed by atoms with van der Waals surface area (Å²) < 4.78 is 24.4. The number of ether oxygens (including phenoxy) is 2. The van der Waals surface area contributed by atoms with E-state index in [2.05, 4.69) is 11.0 Å². The third-order valence-electron chi connectivity index (χ3n) is 7.40. The van der Waals surface area contributed by atoms with E-state index < -0.39 is 0 Å². The number of benzene rings is 2. The number of amides is 2. The monoisotopic (exact) mass is 534 g/mol. The molecule has 9 heteroatoms. The summed E-state index contributed by atoms with van der Waals surface area (Å²) in [7, 11) is 1.64. The predicted molar refractivity (Wildman–Crippen MR) is 147 cm³/mol. The Morgan fingerprint density at radius 1 is 1.10 bits per heavy atom. The van der Waals surface area contributed by atoms with Gasteiger partial charge in [0.15, 0.2) is 0 Å². The van der Waals surface area contributed by atoms with E-state index in [1.54, 1.807) is 19.2 Å². The highest BCUT2D eigenvalue weighted by molar-refractivity contribution is 5.84. The number of nitrogens with zero attached hydrogens (tertiary/aromatic N) is 4. The van der Waals surface area contributed by atoms with Crippen LogP contribution in [0.15, 0.2) is 48.5 Å². The molecular weight excluding hydrogens is 499 g/mol. The molecule has 2 amide bonds. The van der Waals surface area contributed by atoms with Gasteiger partial charge >= 0.3 is 0 Å². The Kier molecular flexibility index (Phi) is 8.56. The Morgan fingerprint density at radius 2 is 1.90 bits per heavy atom. The lowest BCUT2D eigenvalue weighted by Crippen LogP contribution is -2.39. The molecule has 3 heterocycles. The van der Waals surface area contributed by atoms with Gasteiger partial charge in [0.2, 0.25) is 11.8 Å². The molecule has 0 aliphatic carbocycles. The van der Waals surface area contributed by atoms with Gasteiger partial charge in [-0.1, -0.05) is 12.1 Å². The second-order valence-corrected chi connectivity index (χ2v) is 10.1. The Labute approximate surface area is 228 Å². The van der Waals surface area contributed by atoms with Crippen molar-refractivity contribution in [2.45, 2.75) is 32.2 Å². The molecule has 206 valence electrons. The van der Waals surface area contributed by atoms with E-state index >= 15 is 0 Å². The number of likely N-dealkylation sites (tertiary alicyclic amines) is 1. The van der Waals surface area contributed by atoms with E-state index in [1.807, 2.05) is 28.0 Å². The summed E-state index contributed by atoms with van der Waals surface area (Å²) in [6, 6.07) is 14.0. The largest absolute Gasteiger partial charge is 0.497 e. The summed E-state index contributed by atoms with van der Waals surface area (Å²) in [6.45, 7) is 4.98. The lowest BCUT2D eigenvalue weighted by molar-refractivity contribution is -0.131. The molecule has 8 nitrogen and oxygen atoms in total. The summed E-state index contributed by atoms with van der Waals surface area (Å²) in [4.78, 5) is 36.7. The molecule has 0 unspecified atom stereocenters. The minimum atomic E-state index is -0.327. The molecule has 0 N–H and O–H groups in total. The van der Waals surface area contributed by atoms with Crippen LogP contribution in [0.4, 0.5) is 10.2 Å². The van der Waals surface area contributed by atoms with E-state index in [1.165, 1.54) is 12.1 Å². The van der Waals surface area contributed by atoms with Crippen molar-refractivity contribution in [2.24, 2.45) is 0 Å². The molecule has 2 aliphatic heterocycles. The molecule has 3 aromatic rings. The van der Waals surface area contributed by atoms with E-state index in [-0.39, 0.29) is 24.1 Å². The number of hydrogen-bond donors (Lipinski definition) is 0. The van der Waals surface area contributed by atoms with Crippen molar-refractivity contribution in [1.29, 1.82) is 0 Å². The standard InChI is InChI=1S/C30H35FN4O4/c1-38-26-10-7-23-19-24(30(32-27(23)20-26)34-14-16-39-17-15-34)21-35(13-3-12-33-11-2-4-28(33)36)29(37)18-22-5-8-25(31)9-6-22/h5-10,19-20H,2-4,11-18,21H2,1H3. The van der Waals surface area contributed by atoms with Crippen LogP contribution in [-0.4, -0.2) is 79.6 Å². The van der Waals surface area contributed by atoms with Gasteiger partial charge in [0.1, 0.15) is 17.4 Å². The number of halogens is 1. The first-order valence-corrected chi connectivity index (χ1v) is 13.6. The average molecular weight is 535 g/mol. The molecule has 0 radical (unpaired) electrons. The molecule has 5 rings (SSSR count). The van der Waals surface area contributed by atoms with Gasteiger partial charge in [-0.2, -0.15) is 0 Å². The minimum absolute atomic E-state index is 0.0443. The average Bonchev–Trinajstić information content (AvgIpc) is 3.37. The molecular formula is C30H35FN4O4. The molecule has 0 saturated carbocycles. The number of pyridine rings is 1. The zero-order valence-corrected chi connectivity index (χ0v) is 22.4. The number of rotatable bonds is 10. The number of fused-ring (bicyclic) bond motifs is 1. The van der Waals surface area contributed by atoms with Crippen LogP contribution in [0.25, 0.3) is 10.9 Å².